The van der Waals surface area contributed by atoms with Gasteiger partial charge in [-0.25, -0.2) is 0 Å². The minimum Gasteiger partial charge on any atom is -0.316 e. The Bertz CT molecular complexity index is 291. The molecule has 3 aliphatic heterocycles. The molecule has 110 valence electrons. The lowest BCUT2D eigenvalue weighted by molar-refractivity contribution is 0.0386. The topological polar surface area (TPSA) is 18.5 Å². The molecule has 3 heterocycles. The Morgan fingerprint density at radius 3 is 2.68 bits per heavy atom. The summed E-state index contributed by atoms with van der Waals surface area (Å²) in [5, 5.41) is 3.65. The third-order valence-electron chi connectivity index (χ3n) is 5.69. The molecule has 0 aromatic rings. The molecule has 0 aliphatic carbocycles. The normalized spacial score (nSPS) is 38.4. The molecule has 3 saturated heterocycles. The summed E-state index contributed by atoms with van der Waals surface area (Å²) in [6.07, 6.45) is 7.10. The highest BCUT2D eigenvalue weighted by Gasteiger charge is 2.40. The second-order valence-electron chi connectivity index (χ2n) is 7.39. The van der Waals surface area contributed by atoms with Crippen LogP contribution in [-0.4, -0.2) is 61.2 Å². The van der Waals surface area contributed by atoms with E-state index in [0.717, 1.165) is 12.1 Å². The van der Waals surface area contributed by atoms with Gasteiger partial charge in [-0.05, 0) is 64.5 Å². The molecule has 2 atom stereocenters. The zero-order chi connectivity index (χ0) is 13.3. The summed E-state index contributed by atoms with van der Waals surface area (Å²) in [4.78, 5) is 5.49. The Balaban J connectivity index is 1.59. The minimum atomic E-state index is 0.613. The molecular formula is C16H31N3. The second-order valence-corrected chi connectivity index (χ2v) is 7.39. The zero-order valence-electron chi connectivity index (χ0n) is 12.8. The number of rotatable bonds is 2. The van der Waals surface area contributed by atoms with Gasteiger partial charge in [-0.2, -0.15) is 0 Å². The molecule has 19 heavy (non-hydrogen) atoms. The second kappa shape index (κ2) is 5.71. The minimum absolute atomic E-state index is 0.613. The fourth-order valence-electron chi connectivity index (χ4n) is 4.47. The molecule has 0 radical (unpaired) electrons. The standard InChI is InChI=1S/C16H31N3/c1-14(2)18-10-5-15(11-18)19-9-4-7-16(13-19)6-3-8-17-12-16/h14-15,17H,3-13H2,1-2H3. The zero-order valence-corrected chi connectivity index (χ0v) is 12.8. The van der Waals surface area contributed by atoms with Crippen molar-refractivity contribution in [1.29, 1.82) is 0 Å². The SMILES string of the molecule is CC(C)N1CCC(N2CCCC3(CCCNC3)C2)C1. The molecular weight excluding hydrogens is 234 g/mol. The number of nitrogens with zero attached hydrogens (tertiary/aromatic N) is 2. The summed E-state index contributed by atoms with van der Waals surface area (Å²) >= 11 is 0. The number of nitrogens with one attached hydrogen (secondary N) is 1. The summed E-state index contributed by atoms with van der Waals surface area (Å²) < 4.78 is 0. The summed E-state index contributed by atoms with van der Waals surface area (Å²) in [5.41, 5.74) is 0.613. The Labute approximate surface area is 118 Å². The maximum atomic E-state index is 3.65. The lowest BCUT2D eigenvalue weighted by atomic mass is 9.74. The van der Waals surface area contributed by atoms with Crippen molar-refractivity contribution in [2.45, 2.75) is 58.0 Å². The van der Waals surface area contributed by atoms with Gasteiger partial charge in [0.25, 0.3) is 0 Å². The Hall–Kier alpha value is -0.120. The smallest absolute Gasteiger partial charge is 0.0235 e. The maximum Gasteiger partial charge on any atom is 0.0235 e. The van der Waals surface area contributed by atoms with E-state index in [4.69, 9.17) is 0 Å². The van der Waals surface area contributed by atoms with Crippen LogP contribution in [0.2, 0.25) is 0 Å². The Morgan fingerprint density at radius 2 is 2.00 bits per heavy atom. The molecule has 0 bridgehead atoms. The number of likely N-dealkylation sites (tertiary alicyclic amines) is 2. The van der Waals surface area contributed by atoms with Crippen molar-refractivity contribution < 1.29 is 0 Å². The van der Waals surface area contributed by atoms with Gasteiger partial charge in [0.1, 0.15) is 0 Å². The maximum absolute atomic E-state index is 3.65. The molecule has 0 saturated carbocycles. The van der Waals surface area contributed by atoms with Crippen LogP contribution in [0.1, 0.15) is 46.0 Å². The molecule has 2 unspecified atom stereocenters. The van der Waals surface area contributed by atoms with Gasteiger partial charge in [-0.1, -0.05) is 0 Å². The van der Waals surface area contributed by atoms with E-state index in [0.29, 0.717) is 5.41 Å². The third kappa shape index (κ3) is 2.98. The van der Waals surface area contributed by atoms with Crippen molar-refractivity contribution in [2.24, 2.45) is 5.41 Å². The van der Waals surface area contributed by atoms with Crippen LogP contribution in [0.4, 0.5) is 0 Å². The van der Waals surface area contributed by atoms with Crippen LogP contribution in [-0.2, 0) is 0 Å². The van der Waals surface area contributed by atoms with Crippen LogP contribution < -0.4 is 5.32 Å². The van der Waals surface area contributed by atoms with Gasteiger partial charge in [0, 0.05) is 38.3 Å². The van der Waals surface area contributed by atoms with Gasteiger partial charge in [-0.15, -0.1) is 0 Å². The number of piperidine rings is 2. The van der Waals surface area contributed by atoms with Crippen molar-refractivity contribution in [3.8, 4) is 0 Å². The van der Waals surface area contributed by atoms with Gasteiger partial charge in [0.2, 0.25) is 0 Å². The van der Waals surface area contributed by atoms with Crippen LogP contribution in [0, 0.1) is 5.41 Å². The van der Waals surface area contributed by atoms with Gasteiger partial charge in [0.05, 0.1) is 0 Å². The fourth-order valence-corrected chi connectivity index (χ4v) is 4.47. The fraction of sp³-hybridized carbons (Fsp3) is 1.00. The number of hydrogen-bond donors (Lipinski definition) is 1. The first-order chi connectivity index (χ1) is 9.19. The van der Waals surface area contributed by atoms with Crippen LogP contribution in [0.3, 0.4) is 0 Å². The van der Waals surface area contributed by atoms with Crippen LogP contribution in [0.15, 0.2) is 0 Å². The van der Waals surface area contributed by atoms with Crippen LogP contribution in [0.5, 0.6) is 0 Å². The van der Waals surface area contributed by atoms with Crippen molar-refractivity contribution in [3.63, 3.8) is 0 Å². The van der Waals surface area contributed by atoms with E-state index in [1.54, 1.807) is 0 Å². The number of hydrogen-bond acceptors (Lipinski definition) is 3. The Kier molecular flexibility index (Phi) is 4.16. The van der Waals surface area contributed by atoms with Crippen LogP contribution in [0.25, 0.3) is 0 Å². The predicted octanol–water partition coefficient (Wildman–Crippen LogP) is 1.93. The van der Waals surface area contributed by atoms with Gasteiger partial charge >= 0.3 is 0 Å². The lowest BCUT2D eigenvalue weighted by Crippen LogP contribution is -2.54. The molecule has 3 aliphatic rings. The first kappa shape index (κ1) is 13.8. The highest BCUT2D eigenvalue weighted by molar-refractivity contribution is 4.95. The average Bonchev–Trinajstić information content (AvgIpc) is 2.89. The molecule has 3 fully saturated rings. The van der Waals surface area contributed by atoms with E-state index in [1.807, 2.05) is 0 Å². The first-order valence-electron chi connectivity index (χ1n) is 8.37. The van der Waals surface area contributed by atoms with Gasteiger partial charge in [0.15, 0.2) is 0 Å². The summed E-state index contributed by atoms with van der Waals surface area (Å²) in [6.45, 7) is 12.5. The van der Waals surface area contributed by atoms with E-state index in [2.05, 4.69) is 29.0 Å². The van der Waals surface area contributed by atoms with Crippen LogP contribution >= 0.6 is 0 Å². The van der Waals surface area contributed by atoms with Crippen molar-refractivity contribution in [3.05, 3.63) is 0 Å². The molecule has 1 spiro atoms. The van der Waals surface area contributed by atoms with Crippen molar-refractivity contribution >= 4 is 0 Å². The lowest BCUT2D eigenvalue weighted by Gasteiger charge is -2.47. The largest absolute Gasteiger partial charge is 0.316 e. The van der Waals surface area contributed by atoms with Gasteiger partial charge in [-0.3, -0.25) is 9.80 Å². The molecule has 0 aromatic heterocycles. The quantitative estimate of drug-likeness (QED) is 0.823. The monoisotopic (exact) mass is 265 g/mol. The molecule has 0 aromatic carbocycles. The molecule has 3 rings (SSSR count). The molecule has 3 heteroatoms. The highest BCUT2D eigenvalue weighted by atomic mass is 15.3. The van der Waals surface area contributed by atoms with E-state index >= 15 is 0 Å². The molecule has 1 N–H and O–H groups in total. The predicted molar refractivity (Wildman–Crippen MR) is 80.5 cm³/mol. The van der Waals surface area contributed by atoms with Crippen molar-refractivity contribution in [2.75, 3.05) is 39.3 Å². The molecule has 3 nitrogen and oxygen atoms in total. The van der Waals surface area contributed by atoms with Crippen molar-refractivity contribution in [1.82, 2.24) is 15.1 Å². The van der Waals surface area contributed by atoms with E-state index < -0.39 is 0 Å². The Morgan fingerprint density at radius 1 is 1.16 bits per heavy atom. The van der Waals surface area contributed by atoms with E-state index in [1.165, 1.54) is 71.4 Å². The first-order valence-corrected chi connectivity index (χ1v) is 8.37. The third-order valence-corrected chi connectivity index (χ3v) is 5.69. The summed E-state index contributed by atoms with van der Waals surface area (Å²) in [6, 6.07) is 1.56. The van der Waals surface area contributed by atoms with Gasteiger partial charge < -0.3 is 5.32 Å². The molecule has 0 amide bonds. The summed E-state index contributed by atoms with van der Waals surface area (Å²) in [7, 11) is 0. The average molecular weight is 265 g/mol. The highest BCUT2D eigenvalue weighted by Crippen LogP contribution is 2.37. The summed E-state index contributed by atoms with van der Waals surface area (Å²) in [5.74, 6) is 0. The van der Waals surface area contributed by atoms with E-state index in [9.17, 15) is 0 Å². The van der Waals surface area contributed by atoms with E-state index in [-0.39, 0.29) is 0 Å².